The highest BCUT2D eigenvalue weighted by atomic mass is 32.2. The van der Waals surface area contributed by atoms with Gasteiger partial charge in [0.25, 0.3) is 0 Å². The molecular formula is C15H20FNO4S. The number of carbonyl (C=O) groups is 1. The summed E-state index contributed by atoms with van der Waals surface area (Å²) in [5.41, 5.74) is 0.508. The molecule has 0 spiro atoms. The second-order valence-corrected chi connectivity index (χ2v) is 7.25. The van der Waals surface area contributed by atoms with Crippen molar-refractivity contribution in [3.63, 3.8) is 0 Å². The van der Waals surface area contributed by atoms with Crippen molar-refractivity contribution < 1.29 is 22.3 Å². The van der Waals surface area contributed by atoms with Crippen molar-refractivity contribution in [3.05, 3.63) is 29.6 Å². The zero-order valence-corrected chi connectivity index (χ0v) is 13.5. The lowest BCUT2D eigenvalue weighted by Crippen LogP contribution is -2.40. The maximum atomic E-state index is 13.4. The SMILES string of the molecule is CCOC(=O)C1CCN(S(=O)(=O)c2cc(F)ccc2C)CC1. The lowest BCUT2D eigenvalue weighted by atomic mass is 9.98. The Balaban J connectivity index is 2.13. The quantitative estimate of drug-likeness (QED) is 0.794. The summed E-state index contributed by atoms with van der Waals surface area (Å²) >= 11 is 0. The van der Waals surface area contributed by atoms with Crippen LogP contribution in [-0.2, 0) is 19.6 Å². The Labute approximate surface area is 130 Å². The number of esters is 1. The summed E-state index contributed by atoms with van der Waals surface area (Å²) in [5, 5.41) is 0. The molecule has 22 heavy (non-hydrogen) atoms. The van der Waals surface area contributed by atoms with Gasteiger partial charge >= 0.3 is 5.97 Å². The van der Waals surface area contributed by atoms with E-state index in [2.05, 4.69) is 0 Å². The number of sulfonamides is 1. The molecule has 0 bridgehead atoms. The van der Waals surface area contributed by atoms with Crippen molar-refractivity contribution in [3.8, 4) is 0 Å². The molecule has 0 saturated carbocycles. The van der Waals surface area contributed by atoms with Crippen LogP contribution in [0.2, 0.25) is 0 Å². The largest absolute Gasteiger partial charge is 0.466 e. The summed E-state index contributed by atoms with van der Waals surface area (Å²) in [6.07, 6.45) is 0.846. The van der Waals surface area contributed by atoms with E-state index in [9.17, 15) is 17.6 Å². The zero-order valence-electron chi connectivity index (χ0n) is 12.7. The van der Waals surface area contributed by atoms with Gasteiger partial charge in [0.1, 0.15) is 5.82 Å². The monoisotopic (exact) mass is 329 g/mol. The predicted molar refractivity (Wildman–Crippen MR) is 79.3 cm³/mol. The average Bonchev–Trinajstić information content (AvgIpc) is 2.50. The second-order valence-electron chi connectivity index (χ2n) is 5.34. The number of rotatable bonds is 4. The Kier molecular flexibility index (Phi) is 5.18. The van der Waals surface area contributed by atoms with Crippen molar-refractivity contribution in [2.75, 3.05) is 19.7 Å². The third-order valence-corrected chi connectivity index (χ3v) is 5.88. The van der Waals surface area contributed by atoms with Crippen molar-refractivity contribution in [2.24, 2.45) is 5.92 Å². The van der Waals surface area contributed by atoms with Gasteiger partial charge < -0.3 is 4.74 Å². The number of aryl methyl sites for hydroxylation is 1. The molecule has 0 radical (unpaired) electrons. The molecule has 1 aromatic carbocycles. The fourth-order valence-electron chi connectivity index (χ4n) is 2.58. The van der Waals surface area contributed by atoms with Crippen LogP contribution in [0.3, 0.4) is 0 Å². The number of hydrogen-bond acceptors (Lipinski definition) is 4. The van der Waals surface area contributed by atoms with Gasteiger partial charge in [-0.2, -0.15) is 4.31 Å². The van der Waals surface area contributed by atoms with Gasteiger partial charge in [0.15, 0.2) is 0 Å². The van der Waals surface area contributed by atoms with Crippen LogP contribution in [0.5, 0.6) is 0 Å². The zero-order chi connectivity index (χ0) is 16.3. The standard InChI is InChI=1S/C15H20FNO4S/c1-3-21-15(18)12-6-8-17(9-7-12)22(19,20)14-10-13(16)5-4-11(14)2/h4-5,10,12H,3,6-9H2,1-2H3. The van der Waals surface area contributed by atoms with E-state index in [4.69, 9.17) is 4.74 Å². The molecule has 0 unspecified atom stereocenters. The number of piperidine rings is 1. The second kappa shape index (κ2) is 6.75. The van der Waals surface area contributed by atoms with Crippen molar-refractivity contribution in [2.45, 2.75) is 31.6 Å². The molecule has 1 saturated heterocycles. The fourth-order valence-corrected chi connectivity index (χ4v) is 4.29. The fraction of sp³-hybridized carbons (Fsp3) is 0.533. The Morgan fingerprint density at radius 3 is 2.59 bits per heavy atom. The lowest BCUT2D eigenvalue weighted by Gasteiger charge is -2.30. The van der Waals surface area contributed by atoms with Crippen molar-refractivity contribution in [1.82, 2.24) is 4.31 Å². The van der Waals surface area contributed by atoms with Crippen LogP contribution in [0.4, 0.5) is 4.39 Å². The van der Waals surface area contributed by atoms with E-state index in [1.165, 1.54) is 16.4 Å². The van der Waals surface area contributed by atoms with Crippen molar-refractivity contribution >= 4 is 16.0 Å². The average molecular weight is 329 g/mol. The highest BCUT2D eigenvalue weighted by Crippen LogP contribution is 2.26. The number of ether oxygens (including phenoxy) is 1. The molecule has 122 valence electrons. The first kappa shape index (κ1) is 16.9. The molecule has 0 amide bonds. The summed E-state index contributed by atoms with van der Waals surface area (Å²) in [6, 6.07) is 3.73. The maximum Gasteiger partial charge on any atom is 0.309 e. The van der Waals surface area contributed by atoms with E-state index in [-0.39, 0.29) is 29.9 Å². The van der Waals surface area contributed by atoms with E-state index >= 15 is 0 Å². The molecule has 2 rings (SSSR count). The minimum absolute atomic E-state index is 0.0120. The molecule has 1 aliphatic heterocycles. The molecule has 1 fully saturated rings. The van der Waals surface area contributed by atoms with Crippen LogP contribution in [0.15, 0.2) is 23.1 Å². The smallest absolute Gasteiger partial charge is 0.309 e. The number of carbonyl (C=O) groups excluding carboxylic acids is 1. The minimum Gasteiger partial charge on any atom is -0.466 e. The molecule has 1 aliphatic rings. The Bertz CT molecular complexity index is 652. The molecule has 5 nitrogen and oxygen atoms in total. The van der Waals surface area contributed by atoms with Gasteiger partial charge in [0.05, 0.1) is 17.4 Å². The highest BCUT2D eigenvalue weighted by molar-refractivity contribution is 7.89. The van der Waals surface area contributed by atoms with Gasteiger partial charge in [-0.25, -0.2) is 12.8 Å². The Hall–Kier alpha value is -1.47. The number of nitrogens with zero attached hydrogens (tertiary/aromatic N) is 1. The molecule has 7 heteroatoms. The van der Waals surface area contributed by atoms with Crippen LogP contribution < -0.4 is 0 Å². The van der Waals surface area contributed by atoms with E-state index in [0.29, 0.717) is 25.0 Å². The highest BCUT2D eigenvalue weighted by Gasteiger charge is 2.33. The topological polar surface area (TPSA) is 63.7 Å². The van der Waals surface area contributed by atoms with Gasteiger partial charge in [-0.1, -0.05) is 6.07 Å². The van der Waals surface area contributed by atoms with E-state index in [0.717, 1.165) is 6.07 Å². The van der Waals surface area contributed by atoms with Gasteiger partial charge in [-0.3, -0.25) is 4.79 Å². The first-order valence-corrected chi connectivity index (χ1v) is 8.73. The third-order valence-electron chi connectivity index (χ3n) is 3.84. The van der Waals surface area contributed by atoms with E-state index in [1.54, 1.807) is 13.8 Å². The number of hydrogen-bond donors (Lipinski definition) is 0. The van der Waals surface area contributed by atoms with Crippen LogP contribution in [0, 0.1) is 18.7 Å². The van der Waals surface area contributed by atoms with Gasteiger partial charge in [-0.15, -0.1) is 0 Å². The first-order chi connectivity index (χ1) is 10.4. The van der Waals surface area contributed by atoms with Gasteiger partial charge in [0, 0.05) is 13.1 Å². The van der Waals surface area contributed by atoms with E-state index in [1.807, 2.05) is 0 Å². The van der Waals surface area contributed by atoms with Crippen LogP contribution >= 0.6 is 0 Å². The third kappa shape index (κ3) is 3.47. The molecule has 0 aliphatic carbocycles. The van der Waals surface area contributed by atoms with Crippen molar-refractivity contribution in [1.29, 1.82) is 0 Å². The molecule has 0 N–H and O–H groups in total. The summed E-state index contributed by atoms with van der Waals surface area (Å²) < 4.78 is 44.8. The number of halogens is 1. The molecule has 0 atom stereocenters. The maximum absolute atomic E-state index is 13.4. The molecular weight excluding hydrogens is 309 g/mol. The predicted octanol–water partition coefficient (Wildman–Crippen LogP) is 2.10. The summed E-state index contributed by atoms with van der Waals surface area (Å²) in [7, 11) is -3.74. The summed E-state index contributed by atoms with van der Waals surface area (Å²) in [4.78, 5) is 11.7. The van der Waals surface area contributed by atoms with Gasteiger partial charge in [0.2, 0.25) is 10.0 Å². The molecule has 0 aromatic heterocycles. The summed E-state index contributed by atoms with van der Waals surface area (Å²) in [5.74, 6) is -1.12. The summed E-state index contributed by atoms with van der Waals surface area (Å²) in [6.45, 7) is 4.17. The number of benzene rings is 1. The van der Waals surface area contributed by atoms with Crippen LogP contribution in [-0.4, -0.2) is 38.4 Å². The van der Waals surface area contributed by atoms with E-state index < -0.39 is 15.8 Å². The first-order valence-electron chi connectivity index (χ1n) is 7.29. The van der Waals surface area contributed by atoms with Gasteiger partial charge in [-0.05, 0) is 44.4 Å². The Morgan fingerprint density at radius 2 is 2.00 bits per heavy atom. The minimum atomic E-state index is -3.74. The normalized spacial score (nSPS) is 17.4. The van der Waals surface area contributed by atoms with Crippen LogP contribution in [0.25, 0.3) is 0 Å². The molecule has 1 heterocycles. The van der Waals surface area contributed by atoms with Crippen LogP contribution in [0.1, 0.15) is 25.3 Å². The molecule has 1 aromatic rings. The lowest BCUT2D eigenvalue weighted by molar-refractivity contribution is -0.149. The Morgan fingerprint density at radius 1 is 1.36 bits per heavy atom.